The summed E-state index contributed by atoms with van der Waals surface area (Å²) < 4.78 is 5.88. The molecule has 1 unspecified atom stereocenters. The van der Waals surface area contributed by atoms with Gasteiger partial charge in [0.2, 0.25) is 5.91 Å². The van der Waals surface area contributed by atoms with Crippen LogP contribution >= 0.6 is 35.0 Å². The van der Waals surface area contributed by atoms with E-state index in [0.717, 1.165) is 35.8 Å². The van der Waals surface area contributed by atoms with Gasteiger partial charge in [0.05, 0.1) is 41.1 Å². The SMILES string of the molecule is CC1=CNC(CC(=O)NC[C@H]2CN(Cc3ccc(Cl)c(Cl)c3)CCO2)(c2cnccn2)S1. The van der Waals surface area contributed by atoms with E-state index >= 15 is 0 Å². The number of rotatable bonds is 7. The van der Waals surface area contributed by atoms with Gasteiger partial charge in [-0.3, -0.25) is 19.7 Å². The molecule has 0 saturated carbocycles. The Bertz CT molecular complexity index is 994. The smallest absolute Gasteiger partial charge is 0.223 e. The van der Waals surface area contributed by atoms with E-state index in [1.54, 1.807) is 30.4 Å². The molecule has 10 heteroatoms. The molecule has 2 N–H and O–H groups in total. The number of morpholine rings is 1. The van der Waals surface area contributed by atoms with Gasteiger partial charge in [0.15, 0.2) is 0 Å². The molecule has 1 fully saturated rings. The Labute approximate surface area is 201 Å². The van der Waals surface area contributed by atoms with E-state index in [2.05, 4.69) is 25.5 Å². The Morgan fingerprint density at radius 2 is 2.25 bits per heavy atom. The number of hydrogen-bond donors (Lipinski definition) is 2. The van der Waals surface area contributed by atoms with Crippen LogP contribution in [0.5, 0.6) is 0 Å². The molecule has 0 bridgehead atoms. The summed E-state index contributed by atoms with van der Waals surface area (Å²) >= 11 is 13.7. The highest BCUT2D eigenvalue weighted by Crippen LogP contribution is 2.44. The number of carbonyl (C=O) groups is 1. The summed E-state index contributed by atoms with van der Waals surface area (Å²) in [6, 6.07) is 5.69. The summed E-state index contributed by atoms with van der Waals surface area (Å²) in [6.07, 6.45) is 7.05. The summed E-state index contributed by atoms with van der Waals surface area (Å²) in [6.45, 7) is 5.38. The second kappa shape index (κ2) is 10.4. The molecule has 1 aromatic carbocycles. The maximum atomic E-state index is 12.8. The lowest BCUT2D eigenvalue weighted by molar-refractivity contribution is -0.123. The molecule has 1 saturated heterocycles. The summed E-state index contributed by atoms with van der Waals surface area (Å²) in [5.41, 5.74) is 1.83. The van der Waals surface area contributed by atoms with Crippen molar-refractivity contribution < 1.29 is 9.53 Å². The quantitative estimate of drug-likeness (QED) is 0.610. The Balaban J connectivity index is 1.31. The zero-order chi connectivity index (χ0) is 22.6. The molecule has 3 heterocycles. The van der Waals surface area contributed by atoms with Gasteiger partial charge >= 0.3 is 0 Å². The molecule has 2 aliphatic heterocycles. The highest BCUT2D eigenvalue weighted by molar-refractivity contribution is 8.04. The van der Waals surface area contributed by atoms with Crippen molar-refractivity contribution in [2.45, 2.75) is 30.9 Å². The van der Waals surface area contributed by atoms with Gasteiger partial charge in [-0.2, -0.15) is 0 Å². The molecule has 32 heavy (non-hydrogen) atoms. The molecule has 2 aliphatic rings. The Morgan fingerprint density at radius 1 is 1.38 bits per heavy atom. The van der Waals surface area contributed by atoms with E-state index in [4.69, 9.17) is 27.9 Å². The normalized spacial score (nSPS) is 23.5. The van der Waals surface area contributed by atoms with Crippen LogP contribution in [0.25, 0.3) is 0 Å². The van der Waals surface area contributed by atoms with E-state index in [-0.39, 0.29) is 18.4 Å². The zero-order valence-electron chi connectivity index (χ0n) is 17.7. The van der Waals surface area contributed by atoms with Crippen LogP contribution in [0, 0.1) is 0 Å². The van der Waals surface area contributed by atoms with Gasteiger partial charge in [-0.25, -0.2) is 0 Å². The third kappa shape index (κ3) is 5.74. The summed E-state index contributed by atoms with van der Waals surface area (Å²) in [4.78, 5) is 24.2. The number of nitrogens with one attached hydrogen (secondary N) is 2. The molecule has 2 atom stereocenters. The van der Waals surface area contributed by atoms with Gasteiger partial charge in [0, 0.05) is 49.7 Å². The van der Waals surface area contributed by atoms with Crippen molar-refractivity contribution in [1.82, 2.24) is 25.5 Å². The Kier molecular flexibility index (Phi) is 7.58. The monoisotopic (exact) mass is 493 g/mol. The number of amides is 1. The van der Waals surface area contributed by atoms with Crippen molar-refractivity contribution in [1.29, 1.82) is 0 Å². The Hall–Kier alpha value is -1.84. The lowest BCUT2D eigenvalue weighted by Gasteiger charge is -2.33. The number of allylic oxidation sites excluding steroid dienone is 1. The van der Waals surface area contributed by atoms with E-state index in [1.807, 2.05) is 31.3 Å². The molecule has 2 aromatic rings. The zero-order valence-corrected chi connectivity index (χ0v) is 20.0. The average molecular weight is 494 g/mol. The largest absolute Gasteiger partial charge is 0.374 e. The predicted molar refractivity (Wildman–Crippen MR) is 127 cm³/mol. The van der Waals surface area contributed by atoms with Crippen LogP contribution in [0.3, 0.4) is 0 Å². The molecule has 1 amide bonds. The van der Waals surface area contributed by atoms with Crippen molar-refractivity contribution in [3.8, 4) is 0 Å². The molecule has 7 nitrogen and oxygen atoms in total. The van der Waals surface area contributed by atoms with Crippen molar-refractivity contribution in [3.63, 3.8) is 0 Å². The minimum Gasteiger partial charge on any atom is -0.374 e. The third-order valence-electron chi connectivity index (χ3n) is 5.37. The fourth-order valence-corrected chi connectivity index (χ4v) is 5.34. The molecular weight excluding hydrogens is 469 g/mol. The van der Waals surface area contributed by atoms with Crippen LogP contribution in [0.15, 0.2) is 47.9 Å². The number of carbonyl (C=O) groups excluding carboxylic acids is 1. The van der Waals surface area contributed by atoms with Gasteiger partial charge in [-0.1, -0.05) is 41.0 Å². The number of ether oxygens (including phenoxy) is 1. The van der Waals surface area contributed by atoms with Crippen molar-refractivity contribution in [3.05, 3.63) is 69.2 Å². The summed E-state index contributed by atoms with van der Waals surface area (Å²) in [5.74, 6) is -0.0658. The van der Waals surface area contributed by atoms with Gasteiger partial charge in [0.1, 0.15) is 4.87 Å². The number of nitrogens with zero attached hydrogens (tertiary/aromatic N) is 3. The van der Waals surface area contributed by atoms with Crippen LogP contribution in [-0.4, -0.2) is 53.1 Å². The van der Waals surface area contributed by atoms with Crippen molar-refractivity contribution in [2.24, 2.45) is 0 Å². The number of aromatic nitrogens is 2. The topological polar surface area (TPSA) is 79.4 Å². The fraction of sp³-hybridized carbons (Fsp3) is 0.409. The van der Waals surface area contributed by atoms with Gasteiger partial charge in [-0.15, -0.1) is 0 Å². The van der Waals surface area contributed by atoms with E-state index in [1.165, 1.54) is 0 Å². The van der Waals surface area contributed by atoms with Gasteiger partial charge < -0.3 is 15.4 Å². The van der Waals surface area contributed by atoms with Crippen LogP contribution in [0.1, 0.15) is 24.6 Å². The molecule has 4 rings (SSSR count). The van der Waals surface area contributed by atoms with Gasteiger partial charge in [-0.05, 0) is 24.6 Å². The first-order valence-corrected chi connectivity index (χ1v) is 12.0. The maximum absolute atomic E-state index is 12.8. The van der Waals surface area contributed by atoms with E-state index in [9.17, 15) is 4.79 Å². The van der Waals surface area contributed by atoms with Gasteiger partial charge in [0.25, 0.3) is 0 Å². The second-order valence-electron chi connectivity index (χ2n) is 7.88. The highest BCUT2D eigenvalue weighted by atomic mass is 35.5. The Morgan fingerprint density at radius 3 is 2.97 bits per heavy atom. The number of benzene rings is 1. The minimum atomic E-state index is -0.643. The average Bonchev–Trinajstić information content (AvgIpc) is 3.17. The highest BCUT2D eigenvalue weighted by Gasteiger charge is 2.40. The van der Waals surface area contributed by atoms with Crippen molar-refractivity contribution >= 4 is 40.9 Å². The second-order valence-corrected chi connectivity index (χ2v) is 10.2. The molecule has 0 spiro atoms. The summed E-state index contributed by atoms with van der Waals surface area (Å²) in [5, 5.41) is 7.47. The first kappa shape index (κ1) is 23.3. The molecular formula is C22H25Cl2N5O2S. The standard InChI is InChI=1S/C22H25Cl2N5O2S/c1-15-10-28-22(32-15,20-12-25-4-5-26-20)9-21(30)27-11-17-14-29(6-7-31-17)13-16-2-3-18(23)19(24)8-16/h2-5,8,10,12,17,28H,6-7,9,11,13-14H2,1H3,(H,27,30)/t17-,22?/m0/s1. The first-order valence-electron chi connectivity index (χ1n) is 10.4. The van der Waals surface area contributed by atoms with Crippen LogP contribution in [-0.2, 0) is 20.9 Å². The summed E-state index contributed by atoms with van der Waals surface area (Å²) in [7, 11) is 0. The maximum Gasteiger partial charge on any atom is 0.223 e. The number of hydrogen-bond acceptors (Lipinski definition) is 7. The fourth-order valence-electron chi connectivity index (χ4n) is 3.82. The third-order valence-corrected chi connectivity index (χ3v) is 7.37. The van der Waals surface area contributed by atoms with E-state index < -0.39 is 4.87 Å². The number of thioether (sulfide) groups is 1. The number of halogens is 2. The lowest BCUT2D eigenvalue weighted by Crippen LogP contribution is -2.48. The van der Waals surface area contributed by atoms with Crippen LogP contribution in [0.2, 0.25) is 10.0 Å². The van der Waals surface area contributed by atoms with Crippen LogP contribution in [0.4, 0.5) is 0 Å². The van der Waals surface area contributed by atoms with E-state index in [0.29, 0.717) is 23.2 Å². The molecule has 0 aliphatic carbocycles. The minimum absolute atomic E-state index is 0.0658. The lowest BCUT2D eigenvalue weighted by atomic mass is 10.1. The predicted octanol–water partition coefficient (Wildman–Crippen LogP) is 3.54. The first-order chi connectivity index (χ1) is 15.4. The van der Waals surface area contributed by atoms with Crippen LogP contribution < -0.4 is 10.6 Å². The molecule has 0 radical (unpaired) electrons. The molecule has 1 aromatic heterocycles. The molecule has 170 valence electrons. The van der Waals surface area contributed by atoms with Crippen molar-refractivity contribution in [2.75, 3.05) is 26.2 Å².